The highest BCUT2D eigenvalue weighted by Crippen LogP contribution is 2.25. The van der Waals surface area contributed by atoms with Gasteiger partial charge in [-0.1, -0.05) is 25.7 Å². The van der Waals surface area contributed by atoms with Crippen LogP contribution in [0.1, 0.15) is 44.9 Å². The molecule has 2 fully saturated rings. The molecule has 0 aromatic heterocycles. The van der Waals surface area contributed by atoms with Crippen molar-refractivity contribution < 1.29 is 4.79 Å². The van der Waals surface area contributed by atoms with Crippen molar-refractivity contribution in [1.29, 1.82) is 0 Å². The average molecular weight is 261 g/mol. The molecule has 1 N–H and O–H groups in total. The van der Waals surface area contributed by atoms with Gasteiger partial charge in [0.25, 0.3) is 0 Å². The maximum absolute atomic E-state index is 12.3. The van der Waals surface area contributed by atoms with E-state index in [9.17, 15) is 4.79 Å². The molecule has 1 amide bonds. The van der Waals surface area contributed by atoms with Crippen LogP contribution in [0.2, 0.25) is 0 Å². The van der Waals surface area contributed by atoms with E-state index in [4.69, 9.17) is 0 Å². The van der Waals surface area contributed by atoms with Crippen LogP contribution in [0.25, 0.3) is 0 Å². The molecule has 4 heteroatoms. The van der Waals surface area contributed by atoms with Gasteiger partial charge in [0.2, 0.25) is 5.91 Å². The SMILES string of the molecule is CNC1CCN(C(=O)C2CCCCCC2)C1.Cl. The zero-order valence-electron chi connectivity index (χ0n) is 10.8. The summed E-state index contributed by atoms with van der Waals surface area (Å²) in [5.41, 5.74) is 0. The molecule has 1 aliphatic carbocycles. The average Bonchev–Trinajstić information content (AvgIpc) is 2.62. The summed E-state index contributed by atoms with van der Waals surface area (Å²) in [6.45, 7) is 1.88. The van der Waals surface area contributed by atoms with Gasteiger partial charge in [0.1, 0.15) is 0 Å². The van der Waals surface area contributed by atoms with Crippen molar-refractivity contribution in [2.45, 2.75) is 51.0 Å². The normalized spacial score (nSPS) is 26.4. The molecule has 1 unspecified atom stereocenters. The number of likely N-dealkylation sites (N-methyl/N-ethyl adjacent to an activating group) is 1. The lowest BCUT2D eigenvalue weighted by molar-refractivity contribution is -0.134. The molecule has 0 bridgehead atoms. The van der Waals surface area contributed by atoms with Crippen molar-refractivity contribution >= 4 is 18.3 Å². The van der Waals surface area contributed by atoms with Crippen LogP contribution < -0.4 is 5.32 Å². The zero-order chi connectivity index (χ0) is 11.4. The second-order valence-electron chi connectivity index (χ2n) is 5.25. The van der Waals surface area contributed by atoms with Crippen LogP contribution in [0, 0.1) is 5.92 Å². The van der Waals surface area contributed by atoms with Gasteiger partial charge in [0, 0.05) is 25.0 Å². The molecule has 1 saturated heterocycles. The van der Waals surface area contributed by atoms with Crippen molar-refractivity contribution in [1.82, 2.24) is 10.2 Å². The predicted molar refractivity (Wildman–Crippen MR) is 72.5 cm³/mol. The predicted octanol–water partition coefficient (Wildman–Crippen LogP) is 2.20. The molecular formula is C13H25ClN2O. The first-order chi connectivity index (χ1) is 7.81. The van der Waals surface area contributed by atoms with Gasteiger partial charge >= 0.3 is 0 Å². The highest BCUT2D eigenvalue weighted by atomic mass is 35.5. The van der Waals surface area contributed by atoms with E-state index in [0.717, 1.165) is 32.4 Å². The molecule has 100 valence electrons. The standard InChI is InChI=1S/C13H24N2O.ClH/c1-14-12-8-9-15(10-12)13(16)11-6-4-2-3-5-7-11;/h11-12,14H,2-10H2,1H3;1H. The van der Waals surface area contributed by atoms with E-state index >= 15 is 0 Å². The van der Waals surface area contributed by atoms with Crippen LogP contribution >= 0.6 is 12.4 Å². The minimum atomic E-state index is 0. The molecule has 0 aromatic rings. The van der Waals surface area contributed by atoms with Gasteiger partial charge in [-0.3, -0.25) is 4.79 Å². The molecule has 0 radical (unpaired) electrons. The lowest BCUT2D eigenvalue weighted by Crippen LogP contribution is -2.37. The van der Waals surface area contributed by atoms with Crippen LogP contribution in [0.15, 0.2) is 0 Å². The quantitative estimate of drug-likeness (QED) is 0.772. The van der Waals surface area contributed by atoms with Gasteiger partial charge in [-0.2, -0.15) is 0 Å². The Bertz CT molecular complexity index is 240. The largest absolute Gasteiger partial charge is 0.341 e. The summed E-state index contributed by atoms with van der Waals surface area (Å²) in [5, 5.41) is 3.27. The highest BCUT2D eigenvalue weighted by molar-refractivity contribution is 5.85. The van der Waals surface area contributed by atoms with Crippen LogP contribution in [-0.2, 0) is 4.79 Å². The Balaban J connectivity index is 0.00000144. The molecule has 1 heterocycles. The van der Waals surface area contributed by atoms with Crippen molar-refractivity contribution in [2.75, 3.05) is 20.1 Å². The second kappa shape index (κ2) is 7.22. The number of carbonyl (C=O) groups is 1. The molecule has 1 aliphatic heterocycles. The van der Waals surface area contributed by atoms with E-state index in [2.05, 4.69) is 10.2 Å². The van der Waals surface area contributed by atoms with E-state index in [1.54, 1.807) is 0 Å². The van der Waals surface area contributed by atoms with Crippen molar-refractivity contribution in [3.05, 3.63) is 0 Å². The minimum absolute atomic E-state index is 0. The van der Waals surface area contributed by atoms with E-state index in [0.29, 0.717) is 17.9 Å². The zero-order valence-corrected chi connectivity index (χ0v) is 11.6. The first-order valence-electron chi connectivity index (χ1n) is 6.77. The fraction of sp³-hybridized carbons (Fsp3) is 0.923. The summed E-state index contributed by atoms with van der Waals surface area (Å²) in [7, 11) is 1.99. The molecule has 0 spiro atoms. The number of rotatable bonds is 2. The Hall–Kier alpha value is -0.280. The van der Waals surface area contributed by atoms with Gasteiger partial charge in [-0.05, 0) is 26.3 Å². The van der Waals surface area contributed by atoms with E-state index in [-0.39, 0.29) is 12.4 Å². The van der Waals surface area contributed by atoms with Crippen LogP contribution in [0.5, 0.6) is 0 Å². The first-order valence-corrected chi connectivity index (χ1v) is 6.77. The molecule has 17 heavy (non-hydrogen) atoms. The lowest BCUT2D eigenvalue weighted by Gasteiger charge is -2.22. The Morgan fingerprint density at radius 1 is 1.12 bits per heavy atom. The Morgan fingerprint density at radius 3 is 2.29 bits per heavy atom. The Labute approximate surface area is 111 Å². The van der Waals surface area contributed by atoms with E-state index in [1.165, 1.54) is 25.7 Å². The smallest absolute Gasteiger partial charge is 0.225 e. The molecule has 0 aromatic carbocycles. The summed E-state index contributed by atoms with van der Waals surface area (Å²) in [6.07, 6.45) is 8.51. The molecular weight excluding hydrogens is 236 g/mol. The van der Waals surface area contributed by atoms with Gasteiger partial charge in [0.05, 0.1) is 0 Å². The van der Waals surface area contributed by atoms with E-state index in [1.807, 2.05) is 7.05 Å². The third-order valence-electron chi connectivity index (χ3n) is 4.11. The van der Waals surface area contributed by atoms with Gasteiger partial charge in [0.15, 0.2) is 0 Å². The third kappa shape index (κ3) is 3.85. The summed E-state index contributed by atoms with van der Waals surface area (Å²) in [5.74, 6) is 0.762. The number of halogens is 1. The van der Waals surface area contributed by atoms with Crippen LogP contribution in [0.3, 0.4) is 0 Å². The van der Waals surface area contributed by atoms with E-state index < -0.39 is 0 Å². The van der Waals surface area contributed by atoms with Crippen molar-refractivity contribution in [3.8, 4) is 0 Å². The van der Waals surface area contributed by atoms with Crippen LogP contribution in [-0.4, -0.2) is 37.0 Å². The highest BCUT2D eigenvalue weighted by Gasteiger charge is 2.30. The van der Waals surface area contributed by atoms with Gasteiger partial charge < -0.3 is 10.2 Å². The number of nitrogens with zero attached hydrogens (tertiary/aromatic N) is 1. The number of likely N-dealkylation sites (tertiary alicyclic amines) is 1. The van der Waals surface area contributed by atoms with Gasteiger partial charge in [-0.15, -0.1) is 12.4 Å². The molecule has 1 saturated carbocycles. The molecule has 1 atom stereocenters. The Kier molecular flexibility index (Phi) is 6.28. The monoisotopic (exact) mass is 260 g/mol. The number of nitrogens with one attached hydrogen (secondary N) is 1. The summed E-state index contributed by atoms with van der Waals surface area (Å²) < 4.78 is 0. The molecule has 2 rings (SSSR count). The number of carbonyl (C=O) groups excluding carboxylic acids is 1. The third-order valence-corrected chi connectivity index (χ3v) is 4.11. The summed E-state index contributed by atoms with van der Waals surface area (Å²) >= 11 is 0. The molecule has 3 nitrogen and oxygen atoms in total. The fourth-order valence-electron chi connectivity index (χ4n) is 2.98. The number of hydrogen-bond donors (Lipinski definition) is 1. The summed E-state index contributed by atoms with van der Waals surface area (Å²) in [4.78, 5) is 14.4. The maximum atomic E-state index is 12.3. The fourth-order valence-corrected chi connectivity index (χ4v) is 2.98. The van der Waals surface area contributed by atoms with Crippen LogP contribution in [0.4, 0.5) is 0 Å². The lowest BCUT2D eigenvalue weighted by atomic mass is 9.99. The second-order valence-corrected chi connectivity index (χ2v) is 5.25. The first kappa shape index (κ1) is 14.8. The van der Waals surface area contributed by atoms with Crippen molar-refractivity contribution in [2.24, 2.45) is 5.92 Å². The maximum Gasteiger partial charge on any atom is 0.225 e. The minimum Gasteiger partial charge on any atom is -0.341 e. The number of amides is 1. The number of hydrogen-bond acceptors (Lipinski definition) is 2. The Morgan fingerprint density at radius 2 is 1.76 bits per heavy atom. The molecule has 2 aliphatic rings. The summed E-state index contributed by atoms with van der Waals surface area (Å²) in [6, 6.07) is 0.523. The topological polar surface area (TPSA) is 32.3 Å². The van der Waals surface area contributed by atoms with Gasteiger partial charge in [-0.25, -0.2) is 0 Å². The van der Waals surface area contributed by atoms with Crippen molar-refractivity contribution in [3.63, 3.8) is 0 Å².